The Hall–Kier alpha value is -3.25. The van der Waals surface area contributed by atoms with Crippen molar-refractivity contribution in [3.05, 3.63) is 89.2 Å². The maximum absolute atomic E-state index is 13.7. The normalized spacial score (nSPS) is 20.1. The van der Waals surface area contributed by atoms with E-state index >= 15 is 0 Å². The Bertz CT molecular complexity index is 1100. The maximum atomic E-state index is 13.7. The molecule has 0 radical (unpaired) electrons. The quantitative estimate of drug-likeness (QED) is 0.418. The number of methoxy groups -OCH3 is 2. The van der Waals surface area contributed by atoms with Crippen molar-refractivity contribution < 1.29 is 23.8 Å². The minimum atomic E-state index is -0.997. The number of rotatable bonds is 5. The number of nitrogens with zero attached hydrogens (tertiary/aromatic N) is 1. The maximum Gasteiger partial charge on any atom is 0.313 e. The van der Waals surface area contributed by atoms with E-state index in [9.17, 15) is 14.3 Å². The molecule has 0 amide bonds. The molecule has 0 bridgehead atoms. The molecule has 160 valence electrons. The minimum Gasteiger partial charge on any atom is -0.497 e. The standard InChI is InChI=1S/C24H21ClFNO4/c1-30-16-11-12-19(20(13-16)31-2)27-22(14-7-9-15(26)10-8-14)21(24(28)29)17-5-3-4-6-18(17)23(27)25/h3-13,21-23H,1-2H3,(H,28,29)/t21-,22+,23+/m1/s1. The number of carboxylic acids is 1. The molecular formula is C24H21ClFNO4. The highest BCUT2D eigenvalue weighted by Crippen LogP contribution is 2.53. The van der Waals surface area contributed by atoms with Crippen molar-refractivity contribution in [2.75, 3.05) is 19.1 Å². The average Bonchev–Trinajstić information content (AvgIpc) is 2.79. The summed E-state index contributed by atoms with van der Waals surface area (Å²) in [5.41, 5.74) is 1.90. The fourth-order valence-corrected chi connectivity index (χ4v) is 4.61. The number of anilines is 1. The van der Waals surface area contributed by atoms with Crippen LogP contribution in [0.25, 0.3) is 0 Å². The second-order valence-corrected chi connectivity index (χ2v) is 7.64. The molecule has 1 heterocycles. The molecule has 3 aromatic carbocycles. The molecule has 3 atom stereocenters. The second kappa shape index (κ2) is 8.47. The minimum absolute atomic E-state index is 0.400. The average molecular weight is 442 g/mol. The van der Waals surface area contributed by atoms with Crippen LogP contribution >= 0.6 is 11.6 Å². The van der Waals surface area contributed by atoms with E-state index in [2.05, 4.69) is 0 Å². The van der Waals surface area contributed by atoms with E-state index in [-0.39, 0.29) is 0 Å². The first-order valence-electron chi connectivity index (χ1n) is 9.67. The van der Waals surface area contributed by atoms with Crippen molar-refractivity contribution in [3.8, 4) is 11.5 Å². The van der Waals surface area contributed by atoms with Gasteiger partial charge in [-0.3, -0.25) is 4.79 Å². The highest BCUT2D eigenvalue weighted by atomic mass is 35.5. The monoisotopic (exact) mass is 441 g/mol. The summed E-state index contributed by atoms with van der Waals surface area (Å²) in [4.78, 5) is 14.3. The number of carboxylic acid groups (broad SMARTS) is 1. The summed E-state index contributed by atoms with van der Waals surface area (Å²) in [5.74, 6) is -1.24. The zero-order valence-corrected chi connectivity index (χ0v) is 17.7. The summed E-state index contributed by atoms with van der Waals surface area (Å²) in [7, 11) is 3.08. The number of hydrogen-bond acceptors (Lipinski definition) is 4. The Morgan fingerprint density at radius 1 is 1.00 bits per heavy atom. The van der Waals surface area contributed by atoms with Crippen molar-refractivity contribution in [1.29, 1.82) is 0 Å². The zero-order valence-electron chi connectivity index (χ0n) is 17.0. The van der Waals surface area contributed by atoms with Gasteiger partial charge < -0.3 is 19.5 Å². The van der Waals surface area contributed by atoms with Crippen LogP contribution < -0.4 is 14.4 Å². The predicted molar refractivity (Wildman–Crippen MR) is 117 cm³/mol. The lowest BCUT2D eigenvalue weighted by molar-refractivity contribution is -0.139. The predicted octanol–water partition coefficient (Wildman–Crippen LogP) is 5.51. The molecule has 4 rings (SSSR count). The molecule has 31 heavy (non-hydrogen) atoms. The fraction of sp³-hybridized carbons (Fsp3) is 0.208. The van der Waals surface area contributed by atoms with E-state index in [1.165, 1.54) is 19.2 Å². The second-order valence-electron chi connectivity index (χ2n) is 7.22. The van der Waals surface area contributed by atoms with Crippen LogP contribution in [0.4, 0.5) is 10.1 Å². The SMILES string of the molecule is COc1ccc(N2[C@H](Cl)c3ccccc3[C@@H](C(=O)O)[C@@H]2c2ccc(F)cc2)c(OC)c1. The van der Waals surface area contributed by atoms with Gasteiger partial charge in [0.2, 0.25) is 0 Å². The molecule has 5 nitrogen and oxygen atoms in total. The van der Waals surface area contributed by atoms with Crippen molar-refractivity contribution >= 4 is 23.3 Å². The first kappa shape index (κ1) is 21.0. The summed E-state index contributed by atoms with van der Waals surface area (Å²) in [6.07, 6.45) is 0. The number of hydrogen-bond donors (Lipinski definition) is 1. The molecule has 1 aliphatic heterocycles. The molecule has 1 N–H and O–H groups in total. The number of carbonyl (C=O) groups is 1. The summed E-state index contributed by atoms with van der Waals surface area (Å²) in [6, 6.07) is 17.6. The number of aliphatic carboxylic acids is 1. The summed E-state index contributed by atoms with van der Waals surface area (Å²) in [6.45, 7) is 0. The molecule has 3 aromatic rings. The van der Waals surface area contributed by atoms with Crippen LogP contribution in [-0.2, 0) is 4.79 Å². The van der Waals surface area contributed by atoms with Gasteiger partial charge in [0.25, 0.3) is 0 Å². The number of alkyl halides is 1. The van der Waals surface area contributed by atoms with Crippen molar-refractivity contribution in [2.45, 2.75) is 17.5 Å². The number of benzene rings is 3. The van der Waals surface area contributed by atoms with Crippen LogP contribution in [0.3, 0.4) is 0 Å². The first-order valence-corrected chi connectivity index (χ1v) is 10.1. The summed E-state index contributed by atoms with van der Waals surface area (Å²) >= 11 is 6.97. The Kier molecular flexibility index (Phi) is 5.74. The van der Waals surface area contributed by atoms with Gasteiger partial charge in [-0.05, 0) is 41.0 Å². The van der Waals surface area contributed by atoms with E-state index in [4.69, 9.17) is 21.1 Å². The molecule has 0 fully saturated rings. The Morgan fingerprint density at radius 3 is 2.29 bits per heavy atom. The van der Waals surface area contributed by atoms with Gasteiger partial charge in [0.15, 0.2) is 0 Å². The van der Waals surface area contributed by atoms with Crippen molar-refractivity contribution in [1.82, 2.24) is 0 Å². The van der Waals surface area contributed by atoms with Gasteiger partial charge in [-0.25, -0.2) is 4.39 Å². The lowest BCUT2D eigenvalue weighted by atomic mass is 9.79. The summed E-state index contributed by atoms with van der Waals surface area (Å²) in [5, 5.41) is 10.2. The van der Waals surface area contributed by atoms with E-state index in [0.717, 1.165) is 0 Å². The van der Waals surface area contributed by atoms with Crippen LogP contribution in [0.1, 0.15) is 34.2 Å². The largest absolute Gasteiger partial charge is 0.497 e. The molecule has 1 aliphatic rings. The third kappa shape index (κ3) is 3.68. The number of fused-ring (bicyclic) bond motifs is 1. The van der Waals surface area contributed by atoms with E-state index in [1.54, 1.807) is 49.6 Å². The van der Waals surface area contributed by atoms with E-state index in [1.807, 2.05) is 17.0 Å². The van der Waals surface area contributed by atoms with Crippen molar-refractivity contribution in [3.63, 3.8) is 0 Å². The third-order valence-corrected chi connectivity index (χ3v) is 6.04. The van der Waals surface area contributed by atoms with Crippen LogP contribution in [-0.4, -0.2) is 25.3 Å². The Labute approximate surface area is 184 Å². The van der Waals surface area contributed by atoms with Crippen LogP contribution in [0.2, 0.25) is 0 Å². The van der Waals surface area contributed by atoms with Crippen molar-refractivity contribution in [2.24, 2.45) is 0 Å². The van der Waals surface area contributed by atoms with Crippen LogP contribution in [0, 0.1) is 5.82 Å². The van der Waals surface area contributed by atoms with E-state index < -0.39 is 29.2 Å². The van der Waals surface area contributed by atoms with Gasteiger partial charge in [-0.2, -0.15) is 0 Å². The number of ether oxygens (including phenoxy) is 2. The lowest BCUT2D eigenvalue weighted by Gasteiger charge is -2.45. The van der Waals surface area contributed by atoms with Gasteiger partial charge >= 0.3 is 5.97 Å². The van der Waals surface area contributed by atoms with E-state index in [0.29, 0.717) is 33.9 Å². The van der Waals surface area contributed by atoms with Gasteiger partial charge in [-0.1, -0.05) is 48.0 Å². The van der Waals surface area contributed by atoms with Gasteiger partial charge in [0.1, 0.15) is 28.7 Å². The molecule has 0 aromatic heterocycles. The summed E-state index contributed by atoms with van der Waals surface area (Å²) < 4.78 is 24.5. The molecule has 0 aliphatic carbocycles. The molecule has 7 heteroatoms. The molecule has 0 saturated carbocycles. The highest BCUT2D eigenvalue weighted by Gasteiger charge is 2.45. The molecule has 0 spiro atoms. The molecule has 0 unspecified atom stereocenters. The smallest absolute Gasteiger partial charge is 0.313 e. The van der Waals surface area contributed by atoms with Crippen LogP contribution in [0.15, 0.2) is 66.7 Å². The Balaban J connectivity index is 1.98. The molecule has 0 saturated heterocycles. The highest BCUT2D eigenvalue weighted by molar-refractivity contribution is 6.22. The first-order chi connectivity index (χ1) is 15.0. The van der Waals surface area contributed by atoms with Gasteiger partial charge in [0, 0.05) is 6.07 Å². The fourth-order valence-electron chi connectivity index (χ4n) is 4.18. The van der Waals surface area contributed by atoms with Gasteiger partial charge in [-0.15, -0.1) is 0 Å². The van der Waals surface area contributed by atoms with Gasteiger partial charge in [0.05, 0.1) is 25.9 Å². The zero-order chi connectivity index (χ0) is 22.1. The topological polar surface area (TPSA) is 59.0 Å². The Morgan fingerprint density at radius 2 is 1.68 bits per heavy atom. The van der Waals surface area contributed by atoms with Crippen LogP contribution in [0.5, 0.6) is 11.5 Å². The molecular weight excluding hydrogens is 421 g/mol. The third-order valence-electron chi connectivity index (χ3n) is 5.59. The lowest BCUT2D eigenvalue weighted by Crippen LogP contribution is -2.42. The number of halogens is 2.